The van der Waals surface area contributed by atoms with E-state index in [0.717, 1.165) is 19.5 Å². The minimum Gasteiger partial charge on any atom is -0.356 e. The van der Waals surface area contributed by atoms with E-state index in [9.17, 15) is 4.79 Å². The maximum Gasteiger partial charge on any atom is 0.224 e. The summed E-state index contributed by atoms with van der Waals surface area (Å²) < 4.78 is 0. The van der Waals surface area contributed by atoms with Gasteiger partial charge >= 0.3 is 0 Å². The molecular weight excluding hydrogens is 309 g/mol. The molecule has 1 heterocycles. The number of halogens is 2. The quantitative estimate of drug-likeness (QED) is 0.633. The SMILES string of the molecule is CNCC(C)C(=O)NCCCCCN1CCCCC1.Cl.Cl. The van der Waals surface area contributed by atoms with Gasteiger partial charge in [0.05, 0.1) is 0 Å². The van der Waals surface area contributed by atoms with Crippen LogP contribution < -0.4 is 10.6 Å². The van der Waals surface area contributed by atoms with Crippen molar-refractivity contribution in [1.29, 1.82) is 0 Å². The monoisotopic (exact) mass is 341 g/mol. The molecule has 0 bridgehead atoms. The fourth-order valence-electron chi connectivity index (χ4n) is 2.60. The van der Waals surface area contributed by atoms with Crippen LogP contribution >= 0.6 is 24.8 Å². The van der Waals surface area contributed by atoms with Crippen molar-refractivity contribution in [3.05, 3.63) is 0 Å². The summed E-state index contributed by atoms with van der Waals surface area (Å²) in [6, 6.07) is 0. The van der Waals surface area contributed by atoms with E-state index in [-0.39, 0.29) is 36.6 Å². The van der Waals surface area contributed by atoms with E-state index < -0.39 is 0 Å². The first-order valence-electron chi connectivity index (χ1n) is 7.88. The molecule has 1 amide bonds. The first-order valence-corrected chi connectivity index (χ1v) is 7.88. The molecule has 0 aromatic carbocycles. The van der Waals surface area contributed by atoms with Gasteiger partial charge in [0.15, 0.2) is 0 Å². The van der Waals surface area contributed by atoms with Crippen LogP contribution in [0, 0.1) is 5.92 Å². The molecule has 4 nitrogen and oxygen atoms in total. The minimum atomic E-state index is 0. The Kier molecular flexibility index (Phi) is 16.5. The van der Waals surface area contributed by atoms with E-state index in [2.05, 4.69) is 15.5 Å². The Labute approximate surface area is 142 Å². The van der Waals surface area contributed by atoms with Gasteiger partial charge in [0.1, 0.15) is 0 Å². The molecule has 1 aliphatic heterocycles. The summed E-state index contributed by atoms with van der Waals surface area (Å²) in [7, 11) is 1.88. The van der Waals surface area contributed by atoms with E-state index in [1.54, 1.807) is 0 Å². The van der Waals surface area contributed by atoms with Crippen molar-refractivity contribution in [3.8, 4) is 0 Å². The lowest BCUT2D eigenvalue weighted by atomic mass is 10.1. The molecule has 1 unspecified atom stereocenters. The van der Waals surface area contributed by atoms with Crippen LogP contribution in [0.15, 0.2) is 0 Å². The number of amides is 1. The summed E-state index contributed by atoms with van der Waals surface area (Å²) in [5.41, 5.74) is 0. The van der Waals surface area contributed by atoms with E-state index in [0.29, 0.717) is 0 Å². The average Bonchev–Trinajstić information content (AvgIpc) is 2.43. The standard InChI is InChI=1S/C15H31N3O.2ClH/c1-14(13-16-2)15(19)17-9-5-3-6-10-18-11-7-4-8-12-18;;/h14,16H,3-13H2,1-2H3,(H,17,19);2*1H. The van der Waals surface area contributed by atoms with Crippen LogP contribution in [0.25, 0.3) is 0 Å². The Morgan fingerprint density at radius 3 is 2.38 bits per heavy atom. The van der Waals surface area contributed by atoms with E-state index in [1.807, 2.05) is 14.0 Å². The Bertz CT molecular complexity index is 249. The first kappa shape index (κ1) is 23.2. The van der Waals surface area contributed by atoms with Crippen LogP contribution in [0.1, 0.15) is 45.4 Å². The smallest absolute Gasteiger partial charge is 0.224 e. The maximum atomic E-state index is 11.7. The van der Waals surface area contributed by atoms with Crippen molar-refractivity contribution in [1.82, 2.24) is 15.5 Å². The molecule has 0 aromatic heterocycles. The number of rotatable bonds is 9. The van der Waals surface area contributed by atoms with Gasteiger partial charge in [-0.15, -0.1) is 24.8 Å². The Hall–Kier alpha value is -0.0300. The molecule has 1 saturated heterocycles. The lowest BCUT2D eigenvalue weighted by Gasteiger charge is -2.26. The molecule has 1 rings (SSSR count). The third kappa shape index (κ3) is 11.2. The Morgan fingerprint density at radius 2 is 1.76 bits per heavy atom. The predicted octanol–water partition coefficient (Wildman–Crippen LogP) is 2.46. The molecule has 0 aliphatic carbocycles. The topological polar surface area (TPSA) is 44.4 Å². The highest BCUT2D eigenvalue weighted by atomic mass is 35.5. The van der Waals surface area contributed by atoms with Crippen molar-refractivity contribution in [2.75, 3.05) is 39.8 Å². The van der Waals surface area contributed by atoms with Gasteiger partial charge in [-0.25, -0.2) is 0 Å². The van der Waals surface area contributed by atoms with Gasteiger partial charge in [0, 0.05) is 19.0 Å². The van der Waals surface area contributed by atoms with Gasteiger partial charge in [-0.1, -0.05) is 19.8 Å². The molecule has 2 N–H and O–H groups in total. The van der Waals surface area contributed by atoms with Crippen LogP contribution in [-0.2, 0) is 4.79 Å². The van der Waals surface area contributed by atoms with E-state index in [4.69, 9.17) is 0 Å². The van der Waals surface area contributed by atoms with Gasteiger partial charge in [-0.05, 0) is 52.4 Å². The molecule has 1 aliphatic rings. The molecule has 1 atom stereocenters. The zero-order valence-corrected chi connectivity index (χ0v) is 15.2. The second-order valence-electron chi connectivity index (χ2n) is 5.71. The summed E-state index contributed by atoms with van der Waals surface area (Å²) in [5, 5.41) is 6.04. The van der Waals surface area contributed by atoms with Crippen LogP contribution in [0.5, 0.6) is 0 Å². The fraction of sp³-hybridized carbons (Fsp3) is 0.933. The van der Waals surface area contributed by atoms with Crippen LogP contribution in [0.4, 0.5) is 0 Å². The number of likely N-dealkylation sites (tertiary alicyclic amines) is 1. The van der Waals surface area contributed by atoms with Crippen LogP contribution in [0.2, 0.25) is 0 Å². The van der Waals surface area contributed by atoms with Gasteiger partial charge < -0.3 is 15.5 Å². The molecule has 0 radical (unpaired) electrons. The van der Waals surface area contributed by atoms with Crippen LogP contribution in [0.3, 0.4) is 0 Å². The summed E-state index contributed by atoms with van der Waals surface area (Å²) in [5.74, 6) is 0.240. The number of nitrogens with one attached hydrogen (secondary N) is 2. The minimum absolute atomic E-state index is 0. The maximum absolute atomic E-state index is 11.7. The predicted molar refractivity (Wildman–Crippen MR) is 94.7 cm³/mol. The zero-order chi connectivity index (χ0) is 13.9. The highest BCUT2D eigenvalue weighted by Gasteiger charge is 2.11. The lowest BCUT2D eigenvalue weighted by molar-refractivity contribution is -0.124. The summed E-state index contributed by atoms with van der Waals surface area (Å²) in [6.07, 6.45) is 7.75. The molecule has 0 spiro atoms. The number of hydrogen-bond acceptors (Lipinski definition) is 3. The molecular formula is C15H33Cl2N3O. The molecule has 0 saturated carbocycles. The third-order valence-corrected chi connectivity index (χ3v) is 3.86. The fourth-order valence-corrected chi connectivity index (χ4v) is 2.60. The van der Waals surface area contributed by atoms with Gasteiger partial charge in [0.2, 0.25) is 5.91 Å². The number of hydrogen-bond donors (Lipinski definition) is 2. The Morgan fingerprint density at radius 1 is 1.10 bits per heavy atom. The van der Waals surface area contributed by atoms with Crippen molar-refractivity contribution >= 4 is 30.7 Å². The van der Waals surface area contributed by atoms with Crippen molar-refractivity contribution in [2.45, 2.75) is 45.4 Å². The highest BCUT2D eigenvalue weighted by molar-refractivity contribution is 5.85. The second kappa shape index (κ2) is 14.9. The normalized spacial score (nSPS) is 16.5. The van der Waals surface area contributed by atoms with Crippen molar-refractivity contribution < 1.29 is 4.79 Å². The number of carbonyl (C=O) groups excluding carboxylic acids is 1. The largest absolute Gasteiger partial charge is 0.356 e. The van der Waals surface area contributed by atoms with Crippen molar-refractivity contribution in [3.63, 3.8) is 0 Å². The summed E-state index contributed by atoms with van der Waals surface area (Å²) in [6.45, 7) is 7.36. The third-order valence-electron chi connectivity index (χ3n) is 3.86. The number of carbonyl (C=O) groups is 1. The number of piperidine rings is 1. The van der Waals surface area contributed by atoms with Gasteiger partial charge in [-0.2, -0.15) is 0 Å². The lowest BCUT2D eigenvalue weighted by Crippen LogP contribution is -2.34. The molecule has 128 valence electrons. The van der Waals surface area contributed by atoms with E-state index >= 15 is 0 Å². The van der Waals surface area contributed by atoms with E-state index in [1.165, 1.54) is 51.7 Å². The molecule has 1 fully saturated rings. The summed E-state index contributed by atoms with van der Waals surface area (Å²) in [4.78, 5) is 14.2. The van der Waals surface area contributed by atoms with Crippen molar-refractivity contribution in [2.24, 2.45) is 5.92 Å². The molecule has 6 heteroatoms. The number of nitrogens with zero attached hydrogens (tertiary/aromatic N) is 1. The summed E-state index contributed by atoms with van der Waals surface area (Å²) >= 11 is 0. The highest BCUT2D eigenvalue weighted by Crippen LogP contribution is 2.09. The second-order valence-corrected chi connectivity index (χ2v) is 5.71. The van der Waals surface area contributed by atoms with Gasteiger partial charge in [-0.3, -0.25) is 4.79 Å². The molecule has 0 aromatic rings. The molecule has 21 heavy (non-hydrogen) atoms. The number of unbranched alkanes of at least 4 members (excludes halogenated alkanes) is 2. The average molecular weight is 342 g/mol. The zero-order valence-electron chi connectivity index (χ0n) is 13.5. The first-order chi connectivity index (χ1) is 9.24. The van der Waals surface area contributed by atoms with Gasteiger partial charge in [0.25, 0.3) is 0 Å². The Balaban J connectivity index is 0. The van der Waals surface area contributed by atoms with Crippen LogP contribution in [-0.4, -0.2) is 50.6 Å².